The second-order valence-electron chi connectivity index (χ2n) is 11.4. The van der Waals surface area contributed by atoms with Crippen molar-refractivity contribution in [2.24, 2.45) is 5.73 Å². The summed E-state index contributed by atoms with van der Waals surface area (Å²) in [6.45, 7) is 0.927. The lowest BCUT2D eigenvalue weighted by Crippen LogP contribution is -2.37. The molecule has 0 radical (unpaired) electrons. The van der Waals surface area contributed by atoms with Gasteiger partial charge < -0.3 is 25.7 Å². The van der Waals surface area contributed by atoms with Crippen LogP contribution in [0.15, 0.2) is 66.9 Å². The molecular formula is C35H33N5O5. The Balaban J connectivity index is 1.52. The minimum absolute atomic E-state index is 0.0578. The average molecular weight is 604 g/mol. The molecule has 0 aliphatic carbocycles. The quantitative estimate of drug-likeness (QED) is 0.217. The number of pyridine rings is 1. The normalized spacial score (nSPS) is 17.4. The van der Waals surface area contributed by atoms with Crippen molar-refractivity contribution in [2.45, 2.75) is 24.0 Å². The number of likely N-dealkylation sites (tertiary alicyclic amines) is 1. The van der Waals surface area contributed by atoms with E-state index in [0.29, 0.717) is 47.3 Å². The first-order valence-corrected chi connectivity index (χ1v) is 14.3. The maximum absolute atomic E-state index is 12.3. The van der Waals surface area contributed by atoms with Crippen molar-refractivity contribution in [3.05, 3.63) is 83.8 Å². The third-order valence-electron chi connectivity index (χ3n) is 7.68. The third-order valence-corrected chi connectivity index (χ3v) is 7.68. The van der Waals surface area contributed by atoms with Crippen LogP contribution in [-0.4, -0.2) is 92.9 Å². The van der Waals surface area contributed by atoms with Crippen LogP contribution in [0.3, 0.4) is 0 Å². The number of hydrogen-bond donors (Lipinski definition) is 3. The van der Waals surface area contributed by atoms with Gasteiger partial charge in [-0.3, -0.25) is 18.8 Å². The number of fused-ring (bicyclic) bond motifs is 1. The summed E-state index contributed by atoms with van der Waals surface area (Å²) >= 11 is 0. The second-order valence-corrected chi connectivity index (χ2v) is 11.4. The molecule has 2 unspecified atom stereocenters. The number of hydrogen-bond acceptors (Lipinski definition) is 7. The minimum atomic E-state index is -1.75. The first-order chi connectivity index (χ1) is 21.4. The summed E-state index contributed by atoms with van der Waals surface area (Å²) < 4.78 is 1.62. The zero-order valence-electron chi connectivity index (χ0n) is 25.2. The van der Waals surface area contributed by atoms with Crippen LogP contribution in [0.5, 0.6) is 0 Å². The van der Waals surface area contributed by atoms with Crippen LogP contribution in [-0.2, 0) is 9.59 Å². The highest BCUT2D eigenvalue weighted by atomic mass is 16.3. The molecule has 0 spiro atoms. The number of amides is 2. The van der Waals surface area contributed by atoms with E-state index in [1.165, 1.54) is 4.90 Å². The highest BCUT2D eigenvalue weighted by Crippen LogP contribution is 2.30. The Hall–Kier alpha value is -5.26. The SMILES string of the molecule is CN(C)CCC(O)(C#Cc1cccc(-c2ccn3c(C(N)=O)nc(-c4cccc(C#CC5(O)CCN(C)C5=O)c4)c3c2)c1)C=O. The maximum Gasteiger partial charge on any atom is 0.285 e. The van der Waals surface area contributed by atoms with E-state index in [0.717, 1.165) is 11.1 Å². The fourth-order valence-electron chi connectivity index (χ4n) is 5.04. The monoisotopic (exact) mass is 603 g/mol. The van der Waals surface area contributed by atoms with Gasteiger partial charge in [0.1, 0.15) is 0 Å². The largest absolute Gasteiger partial charge is 0.371 e. The van der Waals surface area contributed by atoms with Gasteiger partial charge in [0.05, 0.1) is 11.2 Å². The van der Waals surface area contributed by atoms with Crippen molar-refractivity contribution < 1.29 is 24.6 Å². The molecule has 2 aromatic carbocycles. The molecule has 3 heterocycles. The molecule has 4 N–H and O–H groups in total. The molecule has 10 heteroatoms. The Morgan fingerprint density at radius 2 is 1.76 bits per heavy atom. The fraction of sp³-hybridized carbons (Fsp3) is 0.257. The Kier molecular flexibility index (Phi) is 8.58. The molecule has 4 aromatic rings. The summed E-state index contributed by atoms with van der Waals surface area (Å²) in [6, 6.07) is 18.2. The molecular weight excluding hydrogens is 570 g/mol. The van der Waals surface area contributed by atoms with E-state index >= 15 is 0 Å². The van der Waals surface area contributed by atoms with Gasteiger partial charge in [-0.05, 0) is 61.6 Å². The summed E-state index contributed by atoms with van der Waals surface area (Å²) in [7, 11) is 5.33. The molecule has 228 valence electrons. The van der Waals surface area contributed by atoms with Crippen LogP contribution in [0, 0.1) is 23.7 Å². The zero-order chi connectivity index (χ0) is 32.4. The van der Waals surface area contributed by atoms with Gasteiger partial charge in [-0.1, -0.05) is 47.9 Å². The third kappa shape index (κ3) is 6.64. The molecule has 0 saturated carbocycles. The average Bonchev–Trinajstić information content (AvgIpc) is 3.55. The van der Waals surface area contributed by atoms with Crippen LogP contribution in [0.2, 0.25) is 0 Å². The van der Waals surface area contributed by atoms with Crippen molar-refractivity contribution in [1.29, 1.82) is 0 Å². The molecule has 5 rings (SSSR count). The number of benzene rings is 2. The molecule has 1 aliphatic rings. The van der Waals surface area contributed by atoms with Gasteiger partial charge in [0.15, 0.2) is 11.9 Å². The number of likely N-dealkylation sites (N-methyl/N-ethyl adjacent to an activating group) is 1. The number of carbonyl (C=O) groups excluding carboxylic acids is 3. The number of nitrogens with zero attached hydrogens (tertiary/aromatic N) is 4. The Morgan fingerprint density at radius 1 is 1.09 bits per heavy atom. The van der Waals surface area contributed by atoms with Crippen molar-refractivity contribution in [1.82, 2.24) is 19.2 Å². The lowest BCUT2D eigenvalue weighted by Gasteiger charge is -2.17. The minimum Gasteiger partial charge on any atom is -0.371 e. The van der Waals surface area contributed by atoms with E-state index < -0.39 is 23.0 Å². The number of carbonyl (C=O) groups is 3. The highest BCUT2D eigenvalue weighted by molar-refractivity contribution is 5.94. The first-order valence-electron chi connectivity index (χ1n) is 14.3. The van der Waals surface area contributed by atoms with Crippen molar-refractivity contribution in [3.8, 4) is 46.1 Å². The summed E-state index contributed by atoms with van der Waals surface area (Å²) in [4.78, 5) is 44.1. The van der Waals surface area contributed by atoms with E-state index in [2.05, 4.69) is 28.7 Å². The lowest BCUT2D eigenvalue weighted by molar-refractivity contribution is -0.137. The standard InChI is InChI=1S/C35H33N5O5/c1-38(2)18-15-34(44,23-41)13-10-24-6-4-8-26(20-24)27-12-17-40-29(22-27)30(37-32(40)31(36)42)28-9-5-7-25(21-28)11-14-35(45)16-19-39(3)33(35)43/h4-9,12,17,20-23,44-45H,15-16,18-19H2,1-3H3,(H2,36,42). The van der Waals surface area contributed by atoms with Crippen molar-refractivity contribution >= 4 is 23.6 Å². The molecule has 2 aromatic heterocycles. The topological polar surface area (TPSA) is 141 Å². The molecule has 45 heavy (non-hydrogen) atoms. The van der Waals surface area contributed by atoms with Gasteiger partial charge in [-0.15, -0.1) is 0 Å². The number of aliphatic hydroxyl groups is 2. The van der Waals surface area contributed by atoms with E-state index in [-0.39, 0.29) is 18.7 Å². The molecule has 1 fully saturated rings. The van der Waals surface area contributed by atoms with Gasteiger partial charge >= 0.3 is 0 Å². The number of nitrogens with two attached hydrogens (primary N) is 1. The number of imidazole rings is 1. The van der Waals surface area contributed by atoms with Gasteiger partial charge in [0.2, 0.25) is 11.4 Å². The van der Waals surface area contributed by atoms with Gasteiger partial charge in [-0.2, -0.15) is 0 Å². The van der Waals surface area contributed by atoms with Crippen LogP contribution in [0.1, 0.15) is 34.6 Å². The first kappa shape index (κ1) is 31.2. The zero-order valence-corrected chi connectivity index (χ0v) is 25.2. The van der Waals surface area contributed by atoms with Crippen LogP contribution >= 0.6 is 0 Å². The molecule has 2 atom stereocenters. The number of aromatic nitrogens is 2. The van der Waals surface area contributed by atoms with Crippen molar-refractivity contribution in [2.75, 3.05) is 34.2 Å². The van der Waals surface area contributed by atoms with Crippen molar-refractivity contribution in [3.63, 3.8) is 0 Å². The molecule has 2 amide bonds. The number of aldehydes is 1. The fourth-order valence-corrected chi connectivity index (χ4v) is 5.04. The molecule has 1 saturated heterocycles. The van der Waals surface area contributed by atoms with E-state index in [1.807, 2.05) is 55.4 Å². The van der Waals surface area contributed by atoms with Gasteiger partial charge in [0, 0.05) is 55.9 Å². The predicted molar refractivity (Wildman–Crippen MR) is 170 cm³/mol. The summed E-state index contributed by atoms with van der Waals surface area (Å²) in [5, 5.41) is 21.3. The van der Waals surface area contributed by atoms with Crippen LogP contribution in [0.25, 0.3) is 27.9 Å². The molecule has 10 nitrogen and oxygen atoms in total. The van der Waals surface area contributed by atoms with E-state index in [9.17, 15) is 24.6 Å². The van der Waals surface area contributed by atoms with Gasteiger partial charge in [0.25, 0.3) is 11.8 Å². The van der Waals surface area contributed by atoms with Gasteiger partial charge in [-0.25, -0.2) is 4.98 Å². The number of primary amides is 1. The van der Waals surface area contributed by atoms with E-state index in [1.54, 1.807) is 41.9 Å². The van der Waals surface area contributed by atoms with E-state index in [4.69, 9.17) is 5.73 Å². The maximum atomic E-state index is 12.3. The Labute approximate surface area is 261 Å². The second kappa shape index (κ2) is 12.4. The number of rotatable bonds is 7. The molecule has 1 aliphatic heterocycles. The Morgan fingerprint density at radius 3 is 2.40 bits per heavy atom. The summed E-state index contributed by atoms with van der Waals surface area (Å²) in [5.41, 5.74) is 6.78. The van der Waals surface area contributed by atoms with Crippen LogP contribution in [0.4, 0.5) is 0 Å². The summed E-state index contributed by atoms with van der Waals surface area (Å²) in [5.74, 6) is 10.2. The lowest BCUT2D eigenvalue weighted by atomic mass is 9.99. The molecule has 0 bridgehead atoms. The summed E-state index contributed by atoms with van der Waals surface area (Å²) in [6.07, 6.45) is 2.59. The predicted octanol–water partition coefficient (Wildman–Crippen LogP) is 1.95. The van der Waals surface area contributed by atoms with Crippen LogP contribution < -0.4 is 5.73 Å². The Bertz CT molecular complexity index is 1940. The highest BCUT2D eigenvalue weighted by Gasteiger charge is 2.42. The smallest absolute Gasteiger partial charge is 0.285 e.